The summed E-state index contributed by atoms with van der Waals surface area (Å²) in [6.07, 6.45) is 3.40. The first-order chi connectivity index (χ1) is 9.24. The van der Waals surface area contributed by atoms with E-state index >= 15 is 0 Å². The summed E-state index contributed by atoms with van der Waals surface area (Å²) >= 11 is 1.21. The fourth-order valence-electron chi connectivity index (χ4n) is 1.57. The fraction of sp³-hybridized carbons (Fsp3) is 0.182. The van der Waals surface area contributed by atoms with Gasteiger partial charge in [-0.2, -0.15) is 4.52 Å². The van der Waals surface area contributed by atoms with Crippen LogP contribution in [0, 0.1) is 6.92 Å². The van der Waals surface area contributed by atoms with Crippen LogP contribution in [-0.4, -0.2) is 30.7 Å². The van der Waals surface area contributed by atoms with Crippen molar-refractivity contribution in [1.29, 1.82) is 0 Å². The zero-order chi connectivity index (χ0) is 13.2. The van der Waals surface area contributed by atoms with Crippen molar-refractivity contribution in [3.8, 4) is 0 Å². The van der Waals surface area contributed by atoms with Crippen LogP contribution in [0.4, 0.5) is 0 Å². The van der Waals surface area contributed by atoms with Crippen LogP contribution in [0.5, 0.6) is 0 Å². The van der Waals surface area contributed by atoms with Gasteiger partial charge in [-0.25, -0.2) is 0 Å². The van der Waals surface area contributed by atoms with Gasteiger partial charge in [0.05, 0.1) is 0 Å². The van der Waals surface area contributed by atoms with Crippen molar-refractivity contribution in [2.75, 3.05) is 0 Å². The van der Waals surface area contributed by atoms with Gasteiger partial charge in [-0.3, -0.25) is 9.78 Å². The Morgan fingerprint density at radius 1 is 1.47 bits per heavy atom. The second-order valence-electron chi connectivity index (χ2n) is 3.89. The normalized spacial score (nSPS) is 10.8. The highest BCUT2D eigenvalue weighted by atomic mass is 32.1. The number of hydrogen-bond acceptors (Lipinski definition) is 6. The Labute approximate surface area is 112 Å². The van der Waals surface area contributed by atoms with E-state index in [-0.39, 0.29) is 5.91 Å². The summed E-state index contributed by atoms with van der Waals surface area (Å²) in [5, 5.41) is 15.1. The Hall–Kier alpha value is -2.35. The molecule has 0 atom stereocenters. The predicted octanol–water partition coefficient (Wildman–Crippen LogP) is 0.819. The van der Waals surface area contributed by atoms with E-state index in [1.54, 1.807) is 23.8 Å². The van der Waals surface area contributed by atoms with Crippen molar-refractivity contribution < 1.29 is 4.79 Å². The molecular formula is C11H10N6OS. The summed E-state index contributed by atoms with van der Waals surface area (Å²) in [5.74, 6) is 0.441. The molecule has 0 aromatic carbocycles. The van der Waals surface area contributed by atoms with E-state index < -0.39 is 0 Å². The number of amides is 1. The lowest BCUT2D eigenvalue weighted by Crippen LogP contribution is -2.22. The summed E-state index contributed by atoms with van der Waals surface area (Å²) in [5.41, 5.74) is 0.940. The topological polar surface area (TPSA) is 85.1 Å². The molecular weight excluding hydrogens is 264 g/mol. The maximum absolute atomic E-state index is 12.0. The smallest absolute Gasteiger partial charge is 0.282 e. The molecule has 1 amide bonds. The quantitative estimate of drug-likeness (QED) is 0.764. The van der Waals surface area contributed by atoms with E-state index in [9.17, 15) is 4.79 Å². The fourth-order valence-corrected chi connectivity index (χ4v) is 2.37. The third-order valence-corrected chi connectivity index (χ3v) is 3.41. The molecule has 0 bridgehead atoms. The van der Waals surface area contributed by atoms with Gasteiger partial charge in [-0.1, -0.05) is 17.4 Å². The molecule has 96 valence electrons. The van der Waals surface area contributed by atoms with Gasteiger partial charge in [0.25, 0.3) is 5.91 Å². The Balaban J connectivity index is 1.73. The lowest BCUT2D eigenvalue weighted by Gasteiger charge is -2.01. The molecule has 7 nitrogen and oxygen atoms in total. The van der Waals surface area contributed by atoms with Crippen LogP contribution >= 0.6 is 11.3 Å². The molecule has 0 fully saturated rings. The summed E-state index contributed by atoms with van der Waals surface area (Å²) in [4.78, 5) is 16.6. The van der Waals surface area contributed by atoms with Crippen molar-refractivity contribution in [3.05, 3.63) is 40.9 Å². The van der Waals surface area contributed by atoms with Gasteiger partial charge in [0.1, 0.15) is 0 Å². The molecule has 0 aliphatic heterocycles. The molecule has 0 aliphatic rings. The van der Waals surface area contributed by atoms with Gasteiger partial charge >= 0.3 is 0 Å². The number of nitrogens with one attached hydrogen (secondary N) is 1. The lowest BCUT2D eigenvalue weighted by molar-refractivity contribution is 0.0949. The molecule has 3 aromatic rings. The van der Waals surface area contributed by atoms with Crippen LogP contribution in [0.15, 0.2) is 24.5 Å². The van der Waals surface area contributed by atoms with E-state index in [1.807, 2.05) is 12.1 Å². The van der Waals surface area contributed by atoms with Crippen molar-refractivity contribution in [1.82, 2.24) is 30.1 Å². The molecule has 0 aliphatic carbocycles. The zero-order valence-electron chi connectivity index (χ0n) is 10.1. The Morgan fingerprint density at radius 3 is 3.11 bits per heavy atom. The molecule has 3 rings (SSSR count). The first kappa shape index (κ1) is 11.7. The minimum atomic E-state index is -0.223. The van der Waals surface area contributed by atoms with Crippen LogP contribution in [0.2, 0.25) is 0 Å². The number of hydrogen-bond donors (Lipinski definition) is 1. The van der Waals surface area contributed by atoms with Crippen molar-refractivity contribution in [2.45, 2.75) is 13.5 Å². The minimum absolute atomic E-state index is 0.223. The second-order valence-corrected chi connectivity index (χ2v) is 4.85. The maximum Gasteiger partial charge on any atom is 0.282 e. The second kappa shape index (κ2) is 4.73. The number of carbonyl (C=O) groups excluding carboxylic acids is 1. The SMILES string of the molecule is Cc1nnc2sc(C(=O)NCc3cccnc3)nn12. The summed E-state index contributed by atoms with van der Waals surface area (Å²) in [6.45, 7) is 2.21. The Morgan fingerprint density at radius 2 is 2.37 bits per heavy atom. The predicted molar refractivity (Wildman–Crippen MR) is 68.8 cm³/mol. The van der Waals surface area contributed by atoms with Crippen LogP contribution in [-0.2, 0) is 6.54 Å². The molecule has 0 saturated heterocycles. The van der Waals surface area contributed by atoms with Crippen LogP contribution in [0.1, 0.15) is 21.2 Å². The van der Waals surface area contributed by atoms with Crippen molar-refractivity contribution in [2.24, 2.45) is 0 Å². The van der Waals surface area contributed by atoms with E-state index in [4.69, 9.17) is 0 Å². The maximum atomic E-state index is 12.0. The number of fused-ring (bicyclic) bond motifs is 1. The van der Waals surface area contributed by atoms with Crippen LogP contribution in [0.25, 0.3) is 4.96 Å². The van der Waals surface area contributed by atoms with Crippen LogP contribution in [0.3, 0.4) is 0 Å². The molecule has 0 spiro atoms. The monoisotopic (exact) mass is 274 g/mol. The zero-order valence-corrected chi connectivity index (χ0v) is 10.9. The van der Waals surface area contributed by atoms with Gasteiger partial charge in [-0.15, -0.1) is 15.3 Å². The van der Waals surface area contributed by atoms with Gasteiger partial charge in [0, 0.05) is 18.9 Å². The largest absolute Gasteiger partial charge is 0.346 e. The van der Waals surface area contributed by atoms with Crippen LogP contribution < -0.4 is 5.32 Å². The molecule has 0 unspecified atom stereocenters. The third-order valence-electron chi connectivity index (χ3n) is 2.52. The molecule has 0 radical (unpaired) electrons. The summed E-state index contributed by atoms with van der Waals surface area (Å²) in [7, 11) is 0. The Bertz CT molecular complexity index is 719. The van der Waals surface area contributed by atoms with Gasteiger partial charge in [-0.05, 0) is 18.6 Å². The van der Waals surface area contributed by atoms with E-state index in [2.05, 4.69) is 25.6 Å². The van der Waals surface area contributed by atoms with E-state index in [0.717, 1.165) is 5.56 Å². The number of aromatic nitrogens is 5. The number of rotatable bonds is 3. The van der Waals surface area contributed by atoms with Gasteiger partial charge in [0.15, 0.2) is 5.82 Å². The highest BCUT2D eigenvalue weighted by molar-refractivity contribution is 7.18. The van der Waals surface area contributed by atoms with E-state index in [0.29, 0.717) is 22.3 Å². The van der Waals surface area contributed by atoms with Gasteiger partial charge in [0.2, 0.25) is 9.97 Å². The average molecular weight is 274 g/mol. The third kappa shape index (κ3) is 2.29. The number of nitrogens with zero attached hydrogens (tertiary/aromatic N) is 5. The Kier molecular flexibility index (Phi) is 2.92. The molecule has 8 heteroatoms. The molecule has 3 aromatic heterocycles. The lowest BCUT2D eigenvalue weighted by atomic mass is 10.3. The average Bonchev–Trinajstić information content (AvgIpc) is 3.00. The van der Waals surface area contributed by atoms with Crippen molar-refractivity contribution >= 4 is 22.2 Å². The van der Waals surface area contributed by atoms with E-state index in [1.165, 1.54) is 11.3 Å². The number of aryl methyl sites for hydroxylation is 1. The minimum Gasteiger partial charge on any atom is -0.346 e. The number of pyridine rings is 1. The first-order valence-corrected chi connectivity index (χ1v) is 6.41. The summed E-state index contributed by atoms with van der Waals surface area (Å²) < 4.78 is 1.56. The van der Waals surface area contributed by atoms with Crippen molar-refractivity contribution in [3.63, 3.8) is 0 Å². The highest BCUT2D eigenvalue weighted by Gasteiger charge is 2.14. The van der Waals surface area contributed by atoms with Gasteiger partial charge < -0.3 is 5.32 Å². The molecule has 3 heterocycles. The number of carbonyl (C=O) groups is 1. The molecule has 0 saturated carbocycles. The molecule has 1 N–H and O–H groups in total. The standard InChI is InChI=1S/C11H10N6OS/c1-7-14-15-11-17(7)16-10(19-11)9(18)13-6-8-3-2-4-12-5-8/h2-5H,6H2,1H3,(H,13,18). The molecule has 19 heavy (non-hydrogen) atoms. The summed E-state index contributed by atoms with van der Waals surface area (Å²) in [6, 6.07) is 3.73. The first-order valence-electron chi connectivity index (χ1n) is 5.60. The highest BCUT2D eigenvalue weighted by Crippen LogP contribution is 2.13.